The van der Waals surface area contributed by atoms with Gasteiger partial charge in [-0.3, -0.25) is 14.6 Å². The third kappa shape index (κ3) is 4.62. The number of carbonyl (C=O) groups excluding carboxylic acids is 1. The van der Waals surface area contributed by atoms with Crippen molar-refractivity contribution in [2.75, 3.05) is 38.0 Å². The van der Waals surface area contributed by atoms with Gasteiger partial charge in [0.2, 0.25) is 5.91 Å². The summed E-state index contributed by atoms with van der Waals surface area (Å²) in [4.78, 5) is 21.3. The van der Waals surface area contributed by atoms with Crippen LogP contribution in [0, 0.1) is 6.92 Å². The fourth-order valence-electron chi connectivity index (χ4n) is 3.04. The third-order valence-electron chi connectivity index (χ3n) is 4.40. The summed E-state index contributed by atoms with van der Waals surface area (Å²) in [6, 6.07) is 5.50. The molecule has 1 N–H and O–H groups in total. The number of anilines is 1. The molecule has 0 unspecified atom stereocenters. The van der Waals surface area contributed by atoms with E-state index in [0.717, 1.165) is 49.2 Å². The van der Waals surface area contributed by atoms with Crippen molar-refractivity contribution >= 4 is 23.1 Å². The minimum absolute atomic E-state index is 0.0701. The van der Waals surface area contributed by atoms with Crippen LogP contribution in [0.4, 0.5) is 5.82 Å². The van der Waals surface area contributed by atoms with Gasteiger partial charge in [-0.25, -0.2) is 4.98 Å². The second-order valence-electron chi connectivity index (χ2n) is 6.54. The smallest absolute Gasteiger partial charge is 0.239 e. The molecule has 27 heavy (non-hydrogen) atoms. The van der Waals surface area contributed by atoms with Gasteiger partial charge >= 0.3 is 0 Å². The van der Waals surface area contributed by atoms with Crippen molar-refractivity contribution in [2.24, 2.45) is 0 Å². The van der Waals surface area contributed by atoms with E-state index in [4.69, 9.17) is 8.94 Å². The Bertz CT molecular complexity index is 881. The molecule has 3 aromatic heterocycles. The van der Waals surface area contributed by atoms with E-state index >= 15 is 0 Å². The molecule has 1 aliphatic rings. The lowest BCUT2D eigenvalue weighted by Crippen LogP contribution is -2.48. The fraction of sp³-hybridized carbons (Fsp3) is 0.389. The van der Waals surface area contributed by atoms with Crippen molar-refractivity contribution in [3.8, 4) is 10.8 Å². The van der Waals surface area contributed by atoms with Crippen molar-refractivity contribution in [3.63, 3.8) is 0 Å². The first kappa shape index (κ1) is 17.9. The third-order valence-corrected chi connectivity index (χ3v) is 5.30. The average Bonchev–Trinajstić information content (AvgIpc) is 3.39. The number of hydrogen-bond donors (Lipinski definition) is 1. The predicted molar refractivity (Wildman–Crippen MR) is 101 cm³/mol. The van der Waals surface area contributed by atoms with Gasteiger partial charge in [-0.15, -0.1) is 11.3 Å². The summed E-state index contributed by atoms with van der Waals surface area (Å²) in [5, 5.41) is 9.53. The summed E-state index contributed by atoms with van der Waals surface area (Å²) in [7, 11) is 0. The summed E-state index contributed by atoms with van der Waals surface area (Å²) >= 11 is 1.60. The Morgan fingerprint density at radius 3 is 2.81 bits per heavy atom. The van der Waals surface area contributed by atoms with Crippen molar-refractivity contribution < 1.29 is 13.7 Å². The van der Waals surface area contributed by atoms with E-state index in [1.165, 1.54) is 0 Å². The Labute approximate surface area is 160 Å². The summed E-state index contributed by atoms with van der Waals surface area (Å²) < 4.78 is 10.4. The molecule has 9 heteroatoms. The number of piperazine rings is 1. The highest BCUT2D eigenvalue weighted by Crippen LogP contribution is 2.24. The zero-order valence-corrected chi connectivity index (χ0v) is 15.9. The van der Waals surface area contributed by atoms with E-state index in [9.17, 15) is 4.79 Å². The first-order valence-electron chi connectivity index (χ1n) is 8.82. The first-order valence-corrected chi connectivity index (χ1v) is 9.70. The Balaban J connectivity index is 1.22. The summed E-state index contributed by atoms with van der Waals surface area (Å²) in [6.07, 6.45) is 1.66. The molecule has 4 rings (SSSR count). The molecule has 0 bridgehead atoms. The molecule has 0 aliphatic carbocycles. The van der Waals surface area contributed by atoms with Crippen molar-refractivity contribution in [3.05, 3.63) is 41.3 Å². The largest absolute Gasteiger partial charge is 0.462 e. The monoisotopic (exact) mass is 387 g/mol. The average molecular weight is 387 g/mol. The van der Waals surface area contributed by atoms with Gasteiger partial charge < -0.3 is 14.3 Å². The van der Waals surface area contributed by atoms with Gasteiger partial charge in [0.25, 0.3) is 0 Å². The summed E-state index contributed by atoms with van der Waals surface area (Å²) in [5.41, 5.74) is 1.05. The van der Waals surface area contributed by atoms with E-state index in [1.54, 1.807) is 30.6 Å². The lowest BCUT2D eigenvalue weighted by Gasteiger charge is -2.33. The predicted octanol–water partition coefficient (Wildman–Crippen LogP) is 2.46. The van der Waals surface area contributed by atoms with E-state index in [1.807, 2.05) is 12.1 Å². The van der Waals surface area contributed by atoms with Crippen LogP contribution in [0.15, 0.2) is 38.8 Å². The molecule has 1 fully saturated rings. The molecule has 0 saturated carbocycles. The number of aromatic nitrogens is 2. The van der Waals surface area contributed by atoms with Gasteiger partial charge in [0.05, 0.1) is 18.5 Å². The van der Waals surface area contributed by atoms with Crippen LogP contribution in [0.25, 0.3) is 10.8 Å². The van der Waals surface area contributed by atoms with Gasteiger partial charge in [0.1, 0.15) is 5.76 Å². The number of furan rings is 1. The van der Waals surface area contributed by atoms with Crippen LogP contribution in [0.5, 0.6) is 0 Å². The van der Waals surface area contributed by atoms with Gasteiger partial charge in [0.15, 0.2) is 16.6 Å². The number of amides is 1. The van der Waals surface area contributed by atoms with Crippen LogP contribution in [0.1, 0.15) is 11.5 Å². The number of hydrogen-bond acceptors (Lipinski definition) is 8. The summed E-state index contributed by atoms with van der Waals surface area (Å²) in [6.45, 7) is 6.48. The van der Waals surface area contributed by atoms with Gasteiger partial charge in [-0.05, 0) is 19.1 Å². The second kappa shape index (κ2) is 8.03. The Morgan fingerprint density at radius 2 is 2.11 bits per heavy atom. The normalized spacial score (nSPS) is 15.9. The molecule has 3 aromatic rings. The Hall–Kier alpha value is -2.49. The number of rotatable bonds is 6. The molecule has 0 radical (unpaired) electrons. The first-order chi connectivity index (χ1) is 13.2. The Kier molecular flexibility index (Phi) is 5.33. The van der Waals surface area contributed by atoms with Crippen molar-refractivity contribution in [1.82, 2.24) is 19.9 Å². The van der Waals surface area contributed by atoms with E-state index in [2.05, 4.69) is 30.6 Å². The van der Waals surface area contributed by atoms with Crippen LogP contribution in [0.2, 0.25) is 0 Å². The maximum absolute atomic E-state index is 12.1. The molecule has 1 aliphatic heterocycles. The number of aryl methyl sites for hydroxylation is 1. The van der Waals surface area contributed by atoms with Crippen molar-refractivity contribution in [1.29, 1.82) is 0 Å². The molecule has 0 aromatic carbocycles. The van der Waals surface area contributed by atoms with Crippen LogP contribution < -0.4 is 5.32 Å². The highest BCUT2D eigenvalue weighted by Gasteiger charge is 2.20. The standard InChI is InChI=1S/C18H21N5O3S/c1-13-9-16(21-26-13)20-17(24)11-23-6-4-22(5-7-23)10-14-12-27-18(19-14)15-3-2-8-25-15/h2-3,8-9,12H,4-7,10-11H2,1H3,(H,20,21,24). The molecular formula is C18H21N5O3S. The van der Waals surface area contributed by atoms with E-state index < -0.39 is 0 Å². The number of nitrogens with zero attached hydrogens (tertiary/aromatic N) is 4. The summed E-state index contributed by atoms with van der Waals surface area (Å²) in [5.74, 6) is 1.88. The quantitative estimate of drug-likeness (QED) is 0.695. The van der Waals surface area contributed by atoms with Crippen LogP contribution in [0.3, 0.4) is 0 Å². The SMILES string of the molecule is Cc1cc(NC(=O)CN2CCN(Cc3csc(-c4ccco4)n3)CC2)no1. The molecule has 8 nitrogen and oxygen atoms in total. The molecule has 142 valence electrons. The molecule has 4 heterocycles. The van der Waals surface area contributed by atoms with Gasteiger partial charge in [-0.1, -0.05) is 5.16 Å². The van der Waals surface area contributed by atoms with Crippen LogP contribution in [-0.2, 0) is 11.3 Å². The maximum Gasteiger partial charge on any atom is 0.239 e. The molecule has 0 spiro atoms. The molecular weight excluding hydrogens is 366 g/mol. The minimum atomic E-state index is -0.0701. The van der Waals surface area contributed by atoms with Crippen LogP contribution in [-0.4, -0.2) is 58.6 Å². The van der Waals surface area contributed by atoms with Gasteiger partial charge in [0, 0.05) is 44.2 Å². The highest BCUT2D eigenvalue weighted by molar-refractivity contribution is 7.13. The second-order valence-corrected chi connectivity index (χ2v) is 7.40. The van der Waals surface area contributed by atoms with Gasteiger partial charge in [-0.2, -0.15) is 0 Å². The molecule has 1 saturated heterocycles. The Morgan fingerprint density at radius 1 is 1.30 bits per heavy atom. The molecule has 0 atom stereocenters. The fourth-order valence-corrected chi connectivity index (χ4v) is 3.82. The van der Waals surface area contributed by atoms with E-state index in [0.29, 0.717) is 18.1 Å². The number of nitrogens with one attached hydrogen (secondary N) is 1. The zero-order chi connectivity index (χ0) is 18.6. The highest BCUT2D eigenvalue weighted by atomic mass is 32.1. The number of thiazole rings is 1. The lowest BCUT2D eigenvalue weighted by molar-refractivity contribution is -0.117. The van der Waals surface area contributed by atoms with Crippen LogP contribution >= 0.6 is 11.3 Å². The topological polar surface area (TPSA) is 87.6 Å². The molecule has 1 amide bonds. The lowest BCUT2D eigenvalue weighted by atomic mass is 10.3. The number of carbonyl (C=O) groups is 1. The maximum atomic E-state index is 12.1. The van der Waals surface area contributed by atoms with E-state index in [-0.39, 0.29) is 5.91 Å². The zero-order valence-electron chi connectivity index (χ0n) is 15.1. The minimum Gasteiger partial charge on any atom is -0.462 e. The van der Waals surface area contributed by atoms with Crippen molar-refractivity contribution in [2.45, 2.75) is 13.5 Å².